The van der Waals surface area contributed by atoms with Crippen molar-refractivity contribution < 1.29 is 19.1 Å². The fourth-order valence-corrected chi connectivity index (χ4v) is 3.23. The first-order valence-electron chi connectivity index (χ1n) is 8.41. The Morgan fingerprint density at radius 1 is 1.24 bits per heavy atom. The number of nitrogens with one attached hydrogen (secondary N) is 2. The molecule has 1 rings (SSSR count). The summed E-state index contributed by atoms with van der Waals surface area (Å²) in [6, 6.07) is -0.710. The van der Waals surface area contributed by atoms with E-state index in [2.05, 4.69) is 22.5 Å². The van der Waals surface area contributed by atoms with E-state index in [1.165, 1.54) is 18.7 Å². The van der Waals surface area contributed by atoms with E-state index in [0.717, 1.165) is 25.9 Å². The maximum atomic E-state index is 11.9. The Bertz CT molecular complexity index is 506. The minimum Gasteiger partial charge on any atom is -0.452 e. The number of carbonyl (C=O) groups is 3. The number of carbonyl (C=O) groups excluding carboxylic acids is 3. The maximum absolute atomic E-state index is 11.9. The van der Waals surface area contributed by atoms with Gasteiger partial charge in [-0.3, -0.25) is 14.9 Å². The first-order valence-corrected chi connectivity index (χ1v) is 9.81. The summed E-state index contributed by atoms with van der Waals surface area (Å²) in [5.41, 5.74) is 0. The lowest BCUT2D eigenvalue weighted by Gasteiger charge is -2.31. The second-order valence-corrected chi connectivity index (χ2v) is 8.08. The molecule has 7 nitrogen and oxygen atoms in total. The van der Waals surface area contributed by atoms with Gasteiger partial charge in [-0.15, -0.1) is 0 Å². The largest absolute Gasteiger partial charge is 0.452 e. The summed E-state index contributed by atoms with van der Waals surface area (Å²) >= 11 is 6.58. The summed E-state index contributed by atoms with van der Waals surface area (Å²) in [6.07, 6.45) is 1.15. The second-order valence-electron chi connectivity index (χ2n) is 6.47. The second kappa shape index (κ2) is 10.6. The Balaban J connectivity index is 2.29. The van der Waals surface area contributed by atoms with Crippen molar-refractivity contribution in [2.75, 3.05) is 18.8 Å². The molecule has 1 atom stereocenters. The van der Waals surface area contributed by atoms with Crippen molar-refractivity contribution in [2.24, 2.45) is 5.92 Å². The van der Waals surface area contributed by atoms with Crippen LogP contribution in [-0.2, 0) is 14.3 Å². The summed E-state index contributed by atoms with van der Waals surface area (Å²) in [5.74, 6) is -0.448. The monoisotopic (exact) mass is 389 g/mol. The molecule has 0 bridgehead atoms. The van der Waals surface area contributed by atoms with E-state index < -0.39 is 24.0 Å². The van der Waals surface area contributed by atoms with Gasteiger partial charge in [-0.2, -0.15) is 0 Å². The van der Waals surface area contributed by atoms with Crippen LogP contribution in [0.4, 0.5) is 4.79 Å². The van der Waals surface area contributed by atoms with E-state index in [1.54, 1.807) is 13.8 Å². The molecule has 0 aromatic carbocycles. The molecule has 9 heteroatoms. The molecule has 1 aliphatic rings. The van der Waals surface area contributed by atoms with Gasteiger partial charge >= 0.3 is 12.0 Å². The van der Waals surface area contributed by atoms with Crippen molar-refractivity contribution in [1.29, 1.82) is 0 Å². The summed E-state index contributed by atoms with van der Waals surface area (Å²) in [6.45, 7) is 9.01. The topological polar surface area (TPSA) is 87.7 Å². The van der Waals surface area contributed by atoms with Crippen LogP contribution in [0.1, 0.15) is 40.5 Å². The smallest absolute Gasteiger partial charge is 0.321 e. The average molecular weight is 390 g/mol. The van der Waals surface area contributed by atoms with Gasteiger partial charge in [0.15, 0.2) is 6.10 Å². The molecule has 0 unspecified atom stereocenters. The Hall–Kier alpha value is -1.35. The number of rotatable bonds is 5. The fourth-order valence-electron chi connectivity index (χ4n) is 2.20. The highest BCUT2D eigenvalue weighted by Crippen LogP contribution is 2.20. The van der Waals surface area contributed by atoms with Crippen molar-refractivity contribution in [3.63, 3.8) is 0 Å². The highest BCUT2D eigenvalue weighted by molar-refractivity contribution is 8.23. The minimum atomic E-state index is -1.05. The first-order chi connectivity index (χ1) is 11.7. The van der Waals surface area contributed by atoms with E-state index in [9.17, 15) is 14.4 Å². The van der Waals surface area contributed by atoms with E-state index in [0.29, 0.717) is 10.2 Å². The van der Waals surface area contributed by atoms with E-state index in [-0.39, 0.29) is 11.8 Å². The lowest BCUT2D eigenvalue weighted by atomic mass is 10.00. The van der Waals surface area contributed by atoms with Gasteiger partial charge in [-0.25, -0.2) is 4.79 Å². The normalized spacial score (nSPS) is 16.3. The van der Waals surface area contributed by atoms with Crippen molar-refractivity contribution in [3.05, 3.63) is 0 Å². The zero-order valence-electron chi connectivity index (χ0n) is 15.2. The molecular formula is C16H27N3O4S2. The van der Waals surface area contributed by atoms with Crippen molar-refractivity contribution in [3.8, 4) is 0 Å². The van der Waals surface area contributed by atoms with Gasteiger partial charge in [-0.1, -0.05) is 30.9 Å². The highest BCUT2D eigenvalue weighted by atomic mass is 32.2. The van der Waals surface area contributed by atoms with E-state index in [1.807, 2.05) is 0 Å². The Morgan fingerprint density at radius 3 is 2.40 bits per heavy atom. The van der Waals surface area contributed by atoms with Crippen LogP contribution in [0.3, 0.4) is 0 Å². The van der Waals surface area contributed by atoms with Crippen LogP contribution in [0.25, 0.3) is 0 Å². The standard InChI is InChI=1S/C16H27N3O4S2/c1-10(2)17-15(22)18-14(21)12(4)23-13(20)9-25-16(24)19-7-5-11(3)6-8-19/h10-12H,5-9H2,1-4H3,(H2,17,18,21,22)/t12-/m0/s1. The summed E-state index contributed by atoms with van der Waals surface area (Å²) in [4.78, 5) is 37.2. The highest BCUT2D eigenvalue weighted by Gasteiger charge is 2.22. The van der Waals surface area contributed by atoms with Crippen LogP contribution in [0.2, 0.25) is 0 Å². The van der Waals surface area contributed by atoms with Gasteiger partial charge in [0.2, 0.25) is 0 Å². The predicted octanol–water partition coefficient (Wildman–Crippen LogP) is 1.90. The SMILES string of the molecule is CC1CCN(C(=S)SCC(=O)O[C@@H](C)C(=O)NC(=O)NC(C)C)CC1. The number of piperidine rings is 1. The van der Waals surface area contributed by atoms with Crippen LogP contribution >= 0.6 is 24.0 Å². The zero-order chi connectivity index (χ0) is 19.0. The molecule has 1 aliphatic heterocycles. The third kappa shape index (κ3) is 8.53. The van der Waals surface area contributed by atoms with Crippen LogP contribution < -0.4 is 10.6 Å². The third-order valence-electron chi connectivity index (χ3n) is 3.69. The van der Waals surface area contributed by atoms with Crippen LogP contribution in [0.15, 0.2) is 0 Å². The Kier molecular flexibility index (Phi) is 9.20. The van der Waals surface area contributed by atoms with Crippen molar-refractivity contribution in [1.82, 2.24) is 15.5 Å². The van der Waals surface area contributed by atoms with Gasteiger partial charge in [0, 0.05) is 19.1 Å². The van der Waals surface area contributed by atoms with Gasteiger partial charge in [-0.05, 0) is 39.5 Å². The molecule has 25 heavy (non-hydrogen) atoms. The molecule has 1 fully saturated rings. The molecule has 0 spiro atoms. The molecule has 1 heterocycles. The number of likely N-dealkylation sites (tertiary alicyclic amines) is 1. The molecule has 0 radical (unpaired) electrons. The first kappa shape index (κ1) is 21.7. The molecule has 3 amide bonds. The number of thioether (sulfide) groups is 1. The molecule has 0 aliphatic carbocycles. The molecular weight excluding hydrogens is 362 g/mol. The summed E-state index contributed by atoms with van der Waals surface area (Å²) in [7, 11) is 0. The third-order valence-corrected chi connectivity index (χ3v) is 5.19. The number of amides is 3. The quantitative estimate of drug-likeness (QED) is 0.548. The lowest BCUT2D eigenvalue weighted by Crippen LogP contribution is -2.46. The summed E-state index contributed by atoms with van der Waals surface area (Å²) in [5, 5.41) is 4.65. The van der Waals surface area contributed by atoms with Crippen LogP contribution in [0.5, 0.6) is 0 Å². The number of imide groups is 1. The average Bonchev–Trinajstić information content (AvgIpc) is 2.52. The van der Waals surface area contributed by atoms with Gasteiger partial charge in [0.05, 0.1) is 5.75 Å². The molecule has 0 aromatic heterocycles. The Morgan fingerprint density at radius 2 is 1.84 bits per heavy atom. The number of hydrogen-bond donors (Lipinski definition) is 2. The van der Waals surface area contributed by atoms with Gasteiger partial charge in [0.25, 0.3) is 5.91 Å². The number of esters is 1. The molecule has 2 N–H and O–H groups in total. The van der Waals surface area contributed by atoms with Crippen molar-refractivity contribution >= 4 is 46.2 Å². The van der Waals surface area contributed by atoms with Gasteiger partial charge < -0.3 is 15.0 Å². The van der Waals surface area contributed by atoms with Gasteiger partial charge in [0.1, 0.15) is 4.32 Å². The maximum Gasteiger partial charge on any atom is 0.321 e. The number of urea groups is 1. The molecule has 142 valence electrons. The van der Waals surface area contributed by atoms with Crippen LogP contribution in [0, 0.1) is 5.92 Å². The zero-order valence-corrected chi connectivity index (χ0v) is 16.8. The fraction of sp³-hybridized carbons (Fsp3) is 0.750. The number of hydrogen-bond acceptors (Lipinski definition) is 6. The van der Waals surface area contributed by atoms with Crippen LogP contribution in [-0.4, -0.2) is 58.1 Å². The molecule has 0 aromatic rings. The molecule has 1 saturated heterocycles. The predicted molar refractivity (Wildman–Crippen MR) is 102 cm³/mol. The molecule has 0 saturated carbocycles. The number of ether oxygens (including phenoxy) is 1. The van der Waals surface area contributed by atoms with Crippen molar-refractivity contribution in [2.45, 2.75) is 52.7 Å². The number of nitrogens with zero attached hydrogens (tertiary/aromatic N) is 1. The van der Waals surface area contributed by atoms with E-state index in [4.69, 9.17) is 17.0 Å². The summed E-state index contributed by atoms with van der Waals surface area (Å²) < 4.78 is 5.72. The lowest BCUT2D eigenvalue weighted by molar-refractivity contribution is -0.151. The van der Waals surface area contributed by atoms with E-state index >= 15 is 0 Å². The minimum absolute atomic E-state index is 0.0424. The number of thiocarbonyl (C=S) groups is 1. The Labute approximate surface area is 158 Å².